The molecular weight excluding hydrogens is 366 g/mol. The highest BCUT2D eigenvalue weighted by atomic mass is 32.2. The minimum Gasteiger partial charge on any atom is -0.382 e. The summed E-state index contributed by atoms with van der Waals surface area (Å²) in [4.78, 5) is 9.14. The normalized spacial score (nSPS) is 16.2. The molecule has 8 nitrogen and oxygen atoms in total. The SMILES string of the molecule is CCOCc1nc2c(N)nc3ccccc3c2n1CC1(NS(C)(=O)=O)CC1. The first-order valence-corrected chi connectivity index (χ1v) is 10.8. The molecule has 2 heterocycles. The molecule has 1 fully saturated rings. The zero-order valence-electron chi connectivity index (χ0n) is 15.4. The lowest BCUT2D eigenvalue weighted by Crippen LogP contribution is -2.39. The Morgan fingerprint density at radius 3 is 2.70 bits per heavy atom. The number of nitrogens with zero attached hydrogens (tertiary/aromatic N) is 3. The fourth-order valence-corrected chi connectivity index (χ4v) is 4.57. The number of para-hydroxylation sites is 1. The minimum absolute atomic E-state index is 0.327. The predicted octanol–water partition coefficient (Wildman–Crippen LogP) is 1.78. The smallest absolute Gasteiger partial charge is 0.209 e. The van der Waals surface area contributed by atoms with Gasteiger partial charge in [0.05, 0.1) is 22.8 Å². The Balaban J connectivity index is 1.90. The molecule has 0 unspecified atom stereocenters. The first-order chi connectivity index (χ1) is 12.8. The number of nitrogen functional groups attached to an aromatic ring is 1. The highest BCUT2D eigenvalue weighted by molar-refractivity contribution is 7.88. The van der Waals surface area contributed by atoms with Crippen molar-refractivity contribution in [2.24, 2.45) is 0 Å². The van der Waals surface area contributed by atoms with Crippen LogP contribution in [0.4, 0.5) is 5.82 Å². The molecule has 0 atom stereocenters. The second kappa shape index (κ2) is 6.43. The molecule has 0 bridgehead atoms. The average Bonchev–Trinajstić information content (AvgIpc) is 3.23. The highest BCUT2D eigenvalue weighted by Gasteiger charge is 2.46. The number of hydrogen-bond donors (Lipinski definition) is 2. The van der Waals surface area contributed by atoms with Gasteiger partial charge in [0.15, 0.2) is 5.82 Å². The molecule has 1 aliphatic carbocycles. The molecule has 3 N–H and O–H groups in total. The summed E-state index contributed by atoms with van der Waals surface area (Å²) in [5.74, 6) is 1.08. The van der Waals surface area contributed by atoms with Crippen LogP contribution in [0.15, 0.2) is 24.3 Å². The summed E-state index contributed by atoms with van der Waals surface area (Å²) in [6.07, 6.45) is 2.76. The molecular formula is C18H23N5O3S. The van der Waals surface area contributed by atoms with Crippen LogP contribution in [0.25, 0.3) is 21.9 Å². The lowest BCUT2D eigenvalue weighted by molar-refractivity contribution is 0.125. The van der Waals surface area contributed by atoms with Crippen molar-refractivity contribution < 1.29 is 13.2 Å². The molecule has 4 rings (SSSR count). The van der Waals surface area contributed by atoms with Crippen LogP contribution in [0.2, 0.25) is 0 Å². The molecule has 0 saturated heterocycles. The maximum Gasteiger partial charge on any atom is 0.209 e. The molecule has 3 aromatic rings. The van der Waals surface area contributed by atoms with Gasteiger partial charge in [-0.15, -0.1) is 0 Å². The van der Waals surface area contributed by atoms with Crippen LogP contribution in [0.1, 0.15) is 25.6 Å². The first kappa shape index (κ1) is 18.1. The van der Waals surface area contributed by atoms with Gasteiger partial charge in [-0.1, -0.05) is 18.2 Å². The molecule has 2 aromatic heterocycles. The summed E-state index contributed by atoms with van der Waals surface area (Å²) in [5, 5.41) is 0.937. The van der Waals surface area contributed by atoms with Crippen LogP contribution in [0, 0.1) is 0 Å². The number of fused-ring (bicyclic) bond motifs is 3. The van der Waals surface area contributed by atoms with E-state index < -0.39 is 15.6 Å². The van der Waals surface area contributed by atoms with Gasteiger partial charge >= 0.3 is 0 Å². The van der Waals surface area contributed by atoms with E-state index in [2.05, 4.69) is 14.7 Å². The molecule has 0 amide bonds. The first-order valence-electron chi connectivity index (χ1n) is 8.92. The molecule has 0 spiro atoms. The monoisotopic (exact) mass is 389 g/mol. The maximum atomic E-state index is 11.8. The Morgan fingerprint density at radius 2 is 2.04 bits per heavy atom. The zero-order chi connectivity index (χ0) is 19.2. The van der Waals surface area contributed by atoms with Crippen molar-refractivity contribution >= 4 is 37.8 Å². The lowest BCUT2D eigenvalue weighted by Gasteiger charge is -2.19. The van der Waals surface area contributed by atoms with E-state index >= 15 is 0 Å². The molecule has 0 radical (unpaired) electrons. The van der Waals surface area contributed by atoms with Gasteiger partial charge < -0.3 is 15.0 Å². The van der Waals surface area contributed by atoms with Crippen molar-refractivity contribution in [3.63, 3.8) is 0 Å². The van der Waals surface area contributed by atoms with Crippen molar-refractivity contribution in [3.05, 3.63) is 30.1 Å². The topological polar surface area (TPSA) is 112 Å². The van der Waals surface area contributed by atoms with E-state index in [-0.39, 0.29) is 0 Å². The fourth-order valence-electron chi connectivity index (χ4n) is 3.52. The number of pyridine rings is 1. The van der Waals surface area contributed by atoms with Crippen molar-refractivity contribution in [2.75, 3.05) is 18.6 Å². The van der Waals surface area contributed by atoms with Gasteiger partial charge in [0.2, 0.25) is 10.0 Å². The lowest BCUT2D eigenvalue weighted by atomic mass is 10.1. The summed E-state index contributed by atoms with van der Waals surface area (Å²) in [5.41, 5.74) is 7.97. The van der Waals surface area contributed by atoms with Gasteiger partial charge in [-0.05, 0) is 25.8 Å². The van der Waals surface area contributed by atoms with Gasteiger partial charge in [0.25, 0.3) is 0 Å². The van der Waals surface area contributed by atoms with E-state index in [1.807, 2.05) is 35.8 Å². The largest absolute Gasteiger partial charge is 0.382 e. The molecule has 0 aliphatic heterocycles. The molecule has 27 heavy (non-hydrogen) atoms. The number of imidazole rings is 1. The minimum atomic E-state index is -3.31. The zero-order valence-corrected chi connectivity index (χ0v) is 16.2. The van der Waals surface area contributed by atoms with E-state index in [0.29, 0.717) is 31.1 Å². The van der Waals surface area contributed by atoms with E-state index in [4.69, 9.17) is 10.5 Å². The Kier molecular flexibility index (Phi) is 4.32. The summed E-state index contributed by atoms with van der Waals surface area (Å²) < 4.78 is 34.0. The number of aromatic nitrogens is 3. The maximum absolute atomic E-state index is 11.8. The van der Waals surface area contributed by atoms with E-state index in [1.54, 1.807) is 0 Å². The van der Waals surface area contributed by atoms with E-state index in [9.17, 15) is 8.42 Å². The second-order valence-electron chi connectivity index (χ2n) is 7.12. The Labute approximate surface area is 157 Å². The summed E-state index contributed by atoms with van der Waals surface area (Å²) in [6.45, 7) is 3.29. The van der Waals surface area contributed by atoms with E-state index in [1.165, 1.54) is 6.26 Å². The number of sulfonamides is 1. The summed E-state index contributed by atoms with van der Waals surface area (Å²) in [6, 6.07) is 7.75. The third kappa shape index (κ3) is 3.50. The Hall–Kier alpha value is -2.23. The van der Waals surface area contributed by atoms with Crippen LogP contribution in [-0.2, 0) is 27.9 Å². The number of nitrogens with one attached hydrogen (secondary N) is 1. The van der Waals surface area contributed by atoms with Gasteiger partial charge in [-0.3, -0.25) is 0 Å². The van der Waals surface area contributed by atoms with Crippen molar-refractivity contribution in [1.82, 2.24) is 19.3 Å². The van der Waals surface area contributed by atoms with Crippen molar-refractivity contribution in [2.45, 2.75) is 38.5 Å². The molecule has 1 aliphatic rings. The van der Waals surface area contributed by atoms with Crippen LogP contribution in [0.5, 0.6) is 0 Å². The van der Waals surface area contributed by atoms with Gasteiger partial charge in [0.1, 0.15) is 17.9 Å². The van der Waals surface area contributed by atoms with E-state index in [0.717, 1.165) is 35.1 Å². The number of rotatable bonds is 7. The van der Waals surface area contributed by atoms with Gasteiger partial charge in [-0.2, -0.15) is 0 Å². The van der Waals surface area contributed by atoms with Crippen LogP contribution in [0.3, 0.4) is 0 Å². The second-order valence-corrected chi connectivity index (χ2v) is 8.87. The average molecular weight is 389 g/mol. The quantitative estimate of drug-likeness (QED) is 0.637. The summed E-state index contributed by atoms with van der Waals surface area (Å²) in [7, 11) is -3.31. The Morgan fingerprint density at radius 1 is 1.30 bits per heavy atom. The number of anilines is 1. The third-order valence-corrected chi connectivity index (χ3v) is 5.64. The van der Waals surface area contributed by atoms with Crippen LogP contribution < -0.4 is 10.5 Å². The number of nitrogens with two attached hydrogens (primary N) is 1. The fraction of sp³-hybridized carbons (Fsp3) is 0.444. The van der Waals surface area contributed by atoms with Crippen LogP contribution in [-0.4, -0.2) is 41.4 Å². The van der Waals surface area contributed by atoms with Gasteiger partial charge in [-0.25, -0.2) is 23.1 Å². The molecule has 1 aromatic carbocycles. The predicted molar refractivity (Wildman–Crippen MR) is 105 cm³/mol. The summed E-state index contributed by atoms with van der Waals surface area (Å²) >= 11 is 0. The number of ether oxygens (including phenoxy) is 1. The van der Waals surface area contributed by atoms with Crippen molar-refractivity contribution in [1.29, 1.82) is 0 Å². The molecule has 144 valence electrons. The number of hydrogen-bond acceptors (Lipinski definition) is 6. The van der Waals surface area contributed by atoms with Crippen molar-refractivity contribution in [3.8, 4) is 0 Å². The number of benzene rings is 1. The van der Waals surface area contributed by atoms with Crippen LogP contribution >= 0.6 is 0 Å². The molecule has 1 saturated carbocycles. The third-order valence-electron chi connectivity index (χ3n) is 4.84. The Bertz CT molecular complexity index is 1120. The highest BCUT2D eigenvalue weighted by Crippen LogP contribution is 2.40. The van der Waals surface area contributed by atoms with Gasteiger partial charge in [0, 0.05) is 18.5 Å². The standard InChI is InChI=1S/C18H23N5O3S/c1-3-26-10-14-21-15-16(12-6-4-5-7-13(12)20-17(15)19)23(14)11-18(8-9-18)22-27(2,24)25/h4-7,22H,3,8-11H2,1-2H3,(H2,19,20). The molecule has 9 heteroatoms.